The fourth-order valence-electron chi connectivity index (χ4n) is 0.432. The van der Waals surface area contributed by atoms with Gasteiger partial charge in [0.2, 0.25) is 0 Å². The number of hydrogen-bond donors (Lipinski definition) is 1. The van der Waals surface area contributed by atoms with Gasteiger partial charge in [-0.05, 0) is 6.92 Å². The zero-order chi connectivity index (χ0) is 5.98. The fraction of sp³-hybridized carbons (Fsp3) is 0.400. The van der Waals surface area contributed by atoms with E-state index in [0.717, 1.165) is 4.88 Å². The van der Waals surface area contributed by atoms with Gasteiger partial charge in [0.1, 0.15) is 0 Å². The van der Waals surface area contributed by atoms with Crippen molar-refractivity contribution in [3.8, 4) is 0 Å². The summed E-state index contributed by atoms with van der Waals surface area (Å²) < 4.78 is 0. The third kappa shape index (κ3) is 1.05. The molecule has 0 spiro atoms. The van der Waals surface area contributed by atoms with E-state index >= 15 is 0 Å². The second-order valence-electron chi connectivity index (χ2n) is 1.58. The van der Waals surface area contributed by atoms with E-state index in [1.54, 1.807) is 18.6 Å². The lowest BCUT2D eigenvalue weighted by Crippen LogP contribution is -1.83. The monoisotopic (exact) mass is 129 g/mol. The maximum atomic E-state index is 8.88. The molecule has 1 N–H and O–H groups in total. The summed E-state index contributed by atoms with van der Waals surface area (Å²) in [7, 11) is 0. The lowest BCUT2D eigenvalue weighted by molar-refractivity contribution is 0.203. The Balaban J connectivity index is 2.77. The predicted octanol–water partition coefficient (Wildman–Crippen LogP) is 1.20. The molecular formula is C5H7NOS. The van der Waals surface area contributed by atoms with Gasteiger partial charge in [-0.25, -0.2) is 0 Å². The molecule has 1 rings (SSSR count). The Morgan fingerprint density at radius 1 is 1.88 bits per heavy atom. The van der Waals surface area contributed by atoms with E-state index in [1.165, 1.54) is 11.3 Å². The van der Waals surface area contributed by atoms with E-state index < -0.39 is 0 Å². The summed E-state index contributed by atoms with van der Waals surface area (Å²) in [5.74, 6) is 0. The first-order valence-electron chi connectivity index (χ1n) is 2.37. The maximum Gasteiger partial charge on any atom is 0.0870 e. The summed E-state index contributed by atoms with van der Waals surface area (Å²) in [6, 6.07) is 0. The number of nitrogens with zero attached hydrogens (tertiary/aromatic N) is 1. The third-order valence-electron chi connectivity index (χ3n) is 0.863. The molecule has 8 heavy (non-hydrogen) atoms. The summed E-state index contributed by atoms with van der Waals surface area (Å²) in [6.07, 6.45) is 1.32. The number of aromatic nitrogens is 1. The Morgan fingerprint density at radius 2 is 2.62 bits per heavy atom. The summed E-state index contributed by atoms with van der Waals surface area (Å²) >= 11 is 1.47. The van der Waals surface area contributed by atoms with E-state index in [-0.39, 0.29) is 6.10 Å². The quantitative estimate of drug-likeness (QED) is 0.618. The van der Waals surface area contributed by atoms with Crippen molar-refractivity contribution in [1.29, 1.82) is 0 Å². The Morgan fingerprint density at radius 3 is 2.88 bits per heavy atom. The lowest BCUT2D eigenvalue weighted by atomic mass is 10.4. The fourth-order valence-corrected chi connectivity index (χ4v) is 0.994. The summed E-state index contributed by atoms with van der Waals surface area (Å²) in [5.41, 5.74) is 1.71. The zero-order valence-electron chi connectivity index (χ0n) is 4.53. The van der Waals surface area contributed by atoms with Crippen LogP contribution in [0.15, 0.2) is 11.7 Å². The van der Waals surface area contributed by atoms with Crippen molar-refractivity contribution in [2.45, 2.75) is 13.0 Å². The molecule has 0 radical (unpaired) electrons. The van der Waals surface area contributed by atoms with Crippen LogP contribution < -0.4 is 0 Å². The van der Waals surface area contributed by atoms with Gasteiger partial charge in [-0.2, -0.15) is 0 Å². The molecule has 0 saturated heterocycles. The van der Waals surface area contributed by atoms with Gasteiger partial charge in [0.05, 0.1) is 16.5 Å². The smallest absolute Gasteiger partial charge is 0.0870 e. The first-order chi connectivity index (χ1) is 3.80. The molecule has 0 amide bonds. The second-order valence-corrected chi connectivity index (χ2v) is 2.50. The van der Waals surface area contributed by atoms with Gasteiger partial charge in [-0.15, -0.1) is 11.3 Å². The van der Waals surface area contributed by atoms with Gasteiger partial charge in [0.15, 0.2) is 0 Å². The van der Waals surface area contributed by atoms with Crippen LogP contribution in [0.2, 0.25) is 0 Å². The van der Waals surface area contributed by atoms with Crippen LogP contribution in [0.3, 0.4) is 0 Å². The molecule has 0 aliphatic rings. The number of rotatable bonds is 1. The molecule has 2 nitrogen and oxygen atoms in total. The highest BCUT2D eigenvalue weighted by molar-refractivity contribution is 7.09. The van der Waals surface area contributed by atoms with Gasteiger partial charge in [-0.3, -0.25) is 4.98 Å². The first-order valence-corrected chi connectivity index (χ1v) is 3.25. The molecule has 1 heterocycles. The Bertz CT molecular complexity index is 147. The van der Waals surface area contributed by atoms with Crippen LogP contribution in [0.4, 0.5) is 0 Å². The van der Waals surface area contributed by atoms with Gasteiger partial charge in [0.25, 0.3) is 0 Å². The number of thiazole rings is 1. The summed E-state index contributed by atoms with van der Waals surface area (Å²) in [4.78, 5) is 4.72. The molecule has 0 aliphatic heterocycles. The largest absolute Gasteiger partial charge is 0.388 e. The predicted molar refractivity (Wildman–Crippen MR) is 32.7 cm³/mol. The normalized spacial score (nSPS) is 13.8. The lowest BCUT2D eigenvalue weighted by Gasteiger charge is -1.93. The average molecular weight is 129 g/mol. The van der Waals surface area contributed by atoms with Crippen LogP contribution in [-0.2, 0) is 0 Å². The highest BCUT2D eigenvalue weighted by Crippen LogP contribution is 2.14. The highest BCUT2D eigenvalue weighted by atomic mass is 32.1. The van der Waals surface area contributed by atoms with Crippen LogP contribution in [0.25, 0.3) is 0 Å². The van der Waals surface area contributed by atoms with E-state index in [9.17, 15) is 0 Å². The first kappa shape index (κ1) is 5.72. The van der Waals surface area contributed by atoms with Crippen molar-refractivity contribution in [2.24, 2.45) is 0 Å². The molecule has 0 aromatic carbocycles. The van der Waals surface area contributed by atoms with Crippen LogP contribution in [0, 0.1) is 0 Å². The molecule has 1 aromatic rings. The molecule has 3 heteroatoms. The van der Waals surface area contributed by atoms with Gasteiger partial charge < -0.3 is 5.11 Å². The molecule has 0 unspecified atom stereocenters. The van der Waals surface area contributed by atoms with Crippen molar-refractivity contribution >= 4 is 11.3 Å². The molecule has 0 aliphatic carbocycles. The maximum absolute atomic E-state index is 8.88. The Kier molecular flexibility index (Phi) is 1.60. The SMILES string of the molecule is C[C@H](O)c1cncs1. The molecule has 0 fully saturated rings. The second kappa shape index (κ2) is 2.24. The minimum atomic E-state index is -0.359. The van der Waals surface area contributed by atoms with E-state index in [4.69, 9.17) is 5.11 Å². The van der Waals surface area contributed by atoms with Gasteiger partial charge >= 0.3 is 0 Å². The van der Waals surface area contributed by atoms with Crippen LogP contribution >= 0.6 is 11.3 Å². The molecule has 0 saturated carbocycles. The van der Waals surface area contributed by atoms with Crippen LogP contribution in [0.1, 0.15) is 17.9 Å². The summed E-state index contributed by atoms with van der Waals surface area (Å²) in [5, 5.41) is 8.88. The highest BCUT2D eigenvalue weighted by Gasteiger charge is 1.98. The third-order valence-corrected chi connectivity index (χ3v) is 1.81. The minimum absolute atomic E-state index is 0.359. The van der Waals surface area contributed by atoms with Gasteiger partial charge in [-0.1, -0.05) is 0 Å². The average Bonchev–Trinajstić information content (AvgIpc) is 2.12. The van der Waals surface area contributed by atoms with Crippen molar-refractivity contribution in [1.82, 2.24) is 4.98 Å². The number of hydrogen-bond acceptors (Lipinski definition) is 3. The van der Waals surface area contributed by atoms with E-state index in [1.807, 2.05) is 0 Å². The Labute approximate surface area is 51.8 Å². The Hall–Kier alpha value is -0.410. The van der Waals surface area contributed by atoms with Gasteiger partial charge in [0, 0.05) is 6.20 Å². The molecule has 44 valence electrons. The number of aliphatic hydroxyl groups excluding tert-OH is 1. The van der Waals surface area contributed by atoms with E-state index in [0.29, 0.717) is 0 Å². The standard InChI is InChI=1S/C5H7NOS/c1-4(7)5-2-6-3-8-5/h2-4,7H,1H3/t4-/m0/s1. The van der Waals surface area contributed by atoms with Crippen molar-refractivity contribution < 1.29 is 5.11 Å². The minimum Gasteiger partial charge on any atom is -0.388 e. The van der Waals surface area contributed by atoms with Crippen molar-refractivity contribution in [3.05, 3.63) is 16.6 Å². The van der Waals surface area contributed by atoms with Crippen molar-refractivity contribution in [3.63, 3.8) is 0 Å². The van der Waals surface area contributed by atoms with Crippen molar-refractivity contribution in [2.75, 3.05) is 0 Å². The van der Waals surface area contributed by atoms with Crippen LogP contribution in [-0.4, -0.2) is 10.1 Å². The molecule has 1 atom stereocenters. The molecule has 0 bridgehead atoms. The number of aliphatic hydroxyl groups is 1. The van der Waals surface area contributed by atoms with Crippen LogP contribution in [0.5, 0.6) is 0 Å². The topological polar surface area (TPSA) is 33.1 Å². The molecule has 1 aromatic heterocycles. The molecular weight excluding hydrogens is 122 g/mol. The van der Waals surface area contributed by atoms with E-state index in [2.05, 4.69) is 4.98 Å². The summed E-state index contributed by atoms with van der Waals surface area (Å²) in [6.45, 7) is 1.73. The zero-order valence-corrected chi connectivity index (χ0v) is 5.35.